The van der Waals surface area contributed by atoms with E-state index in [0.717, 1.165) is 29.2 Å². The first kappa shape index (κ1) is 15.0. The smallest absolute Gasteiger partial charge is 0.124 e. The quantitative estimate of drug-likeness (QED) is 0.867. The van der Waals surface area contributed by atoms with Crippen molar-refractivity contribution in [2.75, 3.05) is 0 Å². The second-order valence-corrected chi connectivity index (χ2v) is 7.04. The molecule has 0 radical (unpaired) electrons. The van der Waals surface area contributed by atoms with E-state index in [9.17, 15) is 4.39 Å². The van der Waals surface area contributed by atoms with Gasteiger partial charge in [0.1, 0.15) is 5.82 Å². The molecule has 0 bridgehead atoms. The molecule has 1 aromatic carbocycles. The molecule has 3 heteroatoms. The van der Waals surface area contributed by atoms with E-state index >= 15 is 0 Å². The van der Waals surface area contributed by atoms with Gasteiger partial charge in [-0.05, 0) is 61.1 Å². The Kier molecular flexibility index (Phi) is 5.02. The van der Waals surface area contributed by atoms with Gasteiger partial charge in [0, 0.05) is 10.5 Å². The molecule has 1 aromatic rings. The number of hydrogen-bond donors (Lipinski definition) is 1. The topological polar surface area (TPSA) is 26.0 Å². The van der Waals surface area contributed by atoms with E-state index in [-0.39, 0.29) is 11.9 Å². The van der Waals surface area contributed by atoms with Crippen LogP contribution in [-0.4, -0.2) is 6.04 Å². The third-order valence-electron chi connectivity index (χ3n) is 4.52. The highest BCUT2D eigenvalue weighted by atomic mass is 79.9. The summed E-state index contributed by atoms with van der Waals surface area (Å²) >= 11 is 3.46. The molecular weight excluding hydrogens is 305 g/mol. The molecule has 1 fully saturated rings. The minimum absolute atomic E-state index is 0.191. The Labute approximate surface area is 123 Å². The Morgan fingerprint density at radius 2 is 2.11 bits per heavy atom. The maximum absolute atomic E-state index is 13.1. The van der Waals surface area contributed by atoms with Crippen LogP contribution in [-0.2, 0) is 6.42 Å². The number of rotatable bonds is 3. The summed E-state index contributed by atoms with van der Waals surface area (Å²) in [6, 6.07) is 5.25. The largest absolute Gasteiger partial charge is 0.327 e. The Bertz CT molecular complexity index is 433. The maximum Gasteiger partial charge on any atom is 0.124 e. The average Bonchev–Trinajstić information content (AvgIpc) is 2.34. The highest BCUT2D eigenvalue weighted by Crippen LogP contribution is 2.35. The molecule has 0 saturated heterocycles. The lowest BCUT2D eigenvalue weighted by atomic mass is 9.72. The van der Waals surface area contributed by atoms with Gasteiger partial charge in [0.15, 0.2) is 0 Å². The van der Waals surface area contributed by atoms with Crippen molar-refractivity contribution in [1.82, 2.24) is 0 Å². The summed E-state index contributed by atoms with van der Waals surface area (Å²) in [4.78, 5) is 0. The van der Waals surface area contributed by atoms with Crippen molar-refractivity contribution >= 4 is 15.9 Å². The van der Waals surface area contributed by atoms with Crippen LogP contribution in [0.1, 0.15) is 38.7 Å². The fourth-order valence-electron chi connectivity index (χ4n) is 3.13. The fourth-order valence-corrected chi connectivity index (χ4v) is 3.65. The molecule has 2 N–H and O–H groups in total. The Morgan fingerprint density at radius 1 is 1.37 bits per heavy atom. The van der Waals surface area contributed by atoms with E-state index in [1.165, 1.54) is 24.5 Å². The van der Waals surface area contributed by atoms with Gasteiger partial charge in [-0.15, -0.1) is 0 Å². The normalized spacial score (nSPS) is 27.8. The number of hydrogen-bond acceptors (Lipinski definition) is 1. The van der Waals surface area contributed by atoms with Gasteiger partial charge >= 0.3 is 0 Å². The van der Waals surface area contributed by atoms with E-state index in [1.54, 1.807) is 6.07 Å². The molecule has 1 aliphatic carbocycles. The van der Waals surface area contributed by atoms with Crippen LogP contribution in [0, 0.1) is 23.6 Å². The molecule has 0 heterocycles. The molecule has 2 rings (SSSR count). The van der Waals surface area contributed by atoms with E-state index in [2.05, 4.69) is 29.8 Å². The van der Waals surface area contributed by atoms with Gasteiger partial charge in [0.25, 0.3) is 0 Å². The van der Waals surface area contributed by atoms with Crippen molar-refractivity contribution < 1.29 is 4.39 Å². The van der Waals surface area contributed by atoms with Crippen LogP contribution in [0.3, 0.4) is 0 Å². The Hall–Kier alpha value is -0.410. The molecule has 0 aromatic heterocycles. The lowest BCUT2D eigenvalue weighted by Gasteiger charge is -2.36. The lowest BCUT2D eigenvalue weighted by Crippen LogP contribution is -2.38. The zero-order chi connectivity index (χ0) is 14.0. The monoisotopic (exact) mass is 327 g/mol. The summed E-state index contributed by atoms with van der Waals surface area (Å²) in [6.45, 7) is 4.60. The minimum Gasteiger partial charge on any atom is -0.327 e. The van der Waals surface area contributed by atoms with Crippen molar-refractivity contribution in [1.29, 1.82) is 0 Å². The second kappa shape index (κ2) is 6.36. The third kappa shape index (κ3) is 3.79. The molecule has 3 atom stereocenters. The van der Waals surface area contributed by atoms with Crippen LogP contribution in [0.5, 0.6) is 0 Å². The summed E-state index contributed by atoms with van der Waals surface area (Å²) < 4.78 is 14.0. The summed E-state index contributed by atoms with van der Waals surface area (Å²) in [5, 5.41) is 0. The minimum atomic E-state index is -0.191. The van der Waals surface area contributed by atoms with Crippen LogP contribution in [0.2, 0.25) is 0 Å². The standard InChI is InChI=1S/C16H23BrFN/c1-10(2)11-4-6-16(19)13(7-11)8-12-3-5-14(18)9-15(12)17/h3,5,9-11,13,16H,4,6-8,19H2,1-2H3. The van der Waals surface area contributed by atoms with Gasteiger partial charge in [-0.3, -0.25) is 0 Å². The summed E-state index contributed by atoms with van der Waals surface area (Å²) in [5.74, 6) is 1.84. The van der Waals surface area contributed by atoms with Gasteiger partial charge in [0.05, 0.1) is 0 Å². The first-order valence-electron chi connectivity index (χ1n) is 7.17. The summed E-state index contributed by atoms with van der Waals surface area (Å²) in [6.07, 6.45) is 4.51. The first-order chi connectivity index (χ1) is 8.97. The SMILES string of the molecule is CC(C)C1CCC(N)C(Cc2ccc(F)cc2Br)C1. The van der Waals surface area contributed by atoms with E-state index in [0.29, 0.717) is 5.92 Å². The molecule has 0 aliphatic heterocycles. The first-order valence-corrected chi connectivity index (χ1v) is 7.96. The maximum atomic E-state index is 13.1. The van der Waals surface area contributed by atoms with Gasteiger partial charge in [0.2, 0.25) is 0 Å². The highest BCUT2D eigenvalue weighted by Gasteiger charge is 2.30. The lowest BCUT2D eigenvalue weighted by molar-refractivity contribution is 0.189. The second-order valence-electron chi connectivity index (χ2n) is 6.18. The van der Waals surface area contributed by atoms with E-state index in [1.807, 2.05) is 6.07 Å². The number of benzene rings is 1. The van der Waals surface area contributed by atoms with Crippen LogP contribution in [0.25, 0.3) is 0 Å². The molecule has 0 amide bonds. The zero-order valence-electron chi connectivity index (χ0n) is 11.7. The van der Waals surface area contributed by atoms with Gasteiger partial charge in [-0.25, -0.2) is 4.39 Å². The van der Waals surface area contributed by atoms with Gasteiger partial charge in [-0.1, -0.05) is 35.8 Å². The van der Waals surface area contributed by atoms with Gasteiger partial charge < -0.3 is 5.73 Å². The van der Waals surface area contributed by atoms with Crippen LogP contribution < -0.4 is 5.73 Å². The Balaban J connectivity index is 2.07. The predicted molar refractivity (Wildman–Crippen MR) is 81.4 cm³/mol. The van der Waals surface area contributed by atoms with Crippen LogP contribution in [0.4, 0.5) is 4.39 Å². The van der Waals surface area contributed by atoms with Crippen molar-refractivity contribution in [2.45, 2.75) is 45.6 Å². The third-order valence-corrected chi connectivity index (χ3v) is 5.26. The Morgan fingerprint density at radius 3 is 2.74 bits per heavy atom. The van der Waals surface area contributed by atoms with Crippen molar-refractivity contribution in [2.24, 2.45) is 23.5 Å². The van der Waals surface area contributed by atoms with E-state index in [4.69, 9.17) is 5.73 Å². The summed E-state index contributed by atoms with van der Waals surface area (Å²) in [5.41, 5.74) is 7.45. The molecule has 1 saturated carbocycles. The fraction of sp³-hybridized carbons (Fsp3) is 0.625. The molecule has 19 heavy (non-hydrogen) atoms. The molecule has 1 aliphatic rings. The number of nitrogens with two attached hydrogens (primary N) is 1. The highest BCUT2D eigenvalue weighted by molar-refractivity contribution is 9.10. The van der Waals surface area contributed by atoms with Gasteiger partial charge in [-0.2, -0.15) is 0 Å². The van der Waals surface area contributed by atoms with Crippen LogP contribution in [0.15, 0.2) is 22.7 Å². The van der Waals surface area contributed by atoms with Crippen LogP contribution >= 0.6 is 15.9 Å². The van der Waals surface area contributed by atoms with Crippen molar-refractivity contribution in [3.63, 3.8) is 0 Å². The molecule has 3 unspecified atom stereocenters. The molecular formula is C16H23BrFN. The molecule has 1 nitrogen and oxygen atoms in total. The average molecular weight is 328 g/mol. The molecule has 0 spiro atoms. The van der Waals surface area contributed by atoms with E-state index < -0.39 is 0 Å². The zero-order valence-corrected chi connectivity index (χ0v) is 13.3. The number of halogens is 2. The van der Waals surface area contributed by atoms with Crippen molar-refractivity contribution in [3.05, 3.63) is 34.1 Å². The summed E-state index contributed by atoms with van der Waals surface area (Å²) in [7, 11) is 0. The molecule has 106 valence electrons. The predicted octanol–water partition coefficient (Wildman–Crippen LogP) is 4.53. The van der Waals surface area contributed by atoms with Crippen molar-refractivity contribution in [3.8, 4) is 0 Å².